The van der Waals surface area contributed by atoms with Crippen molar-refractivity contribution in [3.8, 4) is 0 Å². The first-order valence-corrected chi connectivity index (χ1v) is 16.8. The molecule has 3 aliphatic rings. The number of hydrogen-bond acceptors (Lipinski definition) is 10. The minimum Gasteiger partial charge on any atom is -0.460 e. The van der Waals surface area contributed by atoms with E-state index >= 15 is 0 Å². The number of nitrogens with two attached hydrogens (primary N) is 1. The van der Waals surface area contributed by atoms with Crippen molar-refractivity contribution in [2.75, 3.05) is 19.8 Å². The Morgan fingerprint density at radius 3 is 2.30 bits per heavy atom. The molecule has 1 fully saturated rings. The van der Waals surface area contributed by atoms with Crippen molar-refractivity contribution >= 4 is 17.5 Å². The number of ether oxygens (including phenoxy) is 2. The number of Topliss-reactive ketones (excluding diaryl/α,β-unsaturated/α-hetero) is 2. The quantitative estimate of drug-likeness (QED) is 0.0731. The van der Waals surface area contributed by atoms with Crippen molar-refractivity contribution in [3.63, 3.8) is 0 Å². The Balaban J connectivity index is 1.26. The molecule has 6 N–H and O–H groups in total. The number of hydrogen-bond donors (Lipinski definition) is 5. The summed E-state index contributed by atoms with van der Waals surface area (Å²) in [7, 11) is 0. The van der Waals surface area contributed by atoms with Crippen LogP contribution in [0.15, 0.2) is 114 Å². The zero-order valence-electron chi connectivity index (χ0n) is 27.9. The Morgan fingerprint density at radius 1 is 0.960 bits per heavy atom. The minimum absolute atomic E-state index is 0.0579. The Morgan fingerprint density at radius 2 is 1.64 bits per heavy atom. The molecule has 10 nitrogen and oxygen atoms in total. The number of carbonyl (C=O) groups excluding carboxylic acids is 3. The standard InChI is InChI=1S/C40H42N2O8/c1-25(11-12-27-17-18-42-35(41)20-27)30(23-44)21-39-36(46)31-9-5-6-10-32(31)37(47)40(39,50-39)38(48)49-24-34(45)33(19-26-7-3-2-4-8-26)29-15-13-28(22-43)14-16-29/h2-10,13-17,20,33-34,42-45H,11-12,18-19,21-24,41H2,1H3/b30-25-/t33-,34+,39+,40+/m1/s1. The molecule has 3 aromatic rings. The normalized spacial score (nSPS) is 22.6. The second-order valence-corrected chi connectivity index (χ2v) is 13.2. The van der Waals surface area contributed by atoms with Gasteiger partial charge in [0.1, 0.15) is 6.61 Å². The largest absolute Gasteiger partial charge is 0.460 e. The Labute approximate surface area is 290 Å². The van der Waals surface area contributed by atoms with Gasteiger partial charge in [-0.2, -0.15) is 0 Å². The molecule has 0 amide bonds. The molecule has 10 heteroatoms. The summed E-state index contributed by atoms with van der Waals surface area (Å²) in [4.78, 5) is 42.3. The number of ketones is 2. The zero-order valence-corrected chi connectivity index (χ0v) is 27.9. The summed E-state index contributed by atoms with van der Waals surface area (Å²) >= 11 is 0. The van der Waals surface area contributed by atoms with E-state index in [0.29, 0.717) is 42.8 Å². The average Bonchev–Trinajstić information content (AvgIpc) is 3.85. The van der Waals surface area contributed by atoms with Crippen LogP contribution >= 0.6 is 0 Å². The Bertz CT molecular complexity index is 1870. The van der Waals surface area contributed by atoms with Gasteiger partial charge in [0.15, 0.2) is 11.4 Å². The number of rotatable bonds is 14. The number of esters is 1. The van der Waals surface area contributed by atoms with Crippen LogP contribution in [0.25, 0.3) is 0 Å². The molecule has 0 aromatic heterocycles. The summed E-state index contributed by atoms with van der Waals surface area (Å²) in [6, 6.07) is 23.0. The van der Waals surface area contributed by atoms with Gasteiger partial charge in [-0.3, -0.25) is 9.59 Å². The van der Waals surface area contributed by atoms with E-state index in [1.807, 2.05) is 61.5 Å². The molecule has 3 aromatic carbocycles. The average molecular weight is 679 g/mol. The molecule has 0 radical (unpaired) electrons. The number of benzene rings is 3. The van der Waals surface area contributed by atoms with Crippen LogP contribution in [0.4, 0.5) is 0 Å². The van der Waals surface area contributed by atoms with Gasteiger partial charge in [0.05, 0.1) is 25.1 Å². The van der Waals surface area contributed by atoms with E-state index in [2.05, 4.69) is 5.32 Å². The van der Waals surface area contributed by atoms with E-state index in [0.717, 1.165) is 22.3 Å². The van der Waals surface area contributed by atoms with Gasteiger partial charge in [-0.1, -0.05) is 90.5 Å². The number of nitrogens with one attached hydrogen (secondary N) is 1. The SMILES string of the molecule is C/C(CCC1=CCNC(N)=C1)=C(/CO)C[C@@]12O[C@]1(C(=O)OC[C@H](O)[C@H](Cc1ccccc1)c1ccc(CO)cc1)C(=O)c1ccccc1C2=O. The fourth-order valence-electron chi connectivity index (χ4n) is 7.03. The molecule has 0 bridgehead atoms. The van der Waals surface area contributed by atoms with E-state index < -0.39 is 54.0 Å². The third-order valence-electron chi connectivity index (χ3n) is 10.0. The van der Waals surface area contributed by atoms with Gasteiger partial charge in [-0.05, 0) is 60.1 Å². The van der Waals surface area contributed by atoms with Crippen molar-refractivity contribution in [2.45, 2.75) is 62.4 Å². The molecule has 1 aliphatic carbocycles. The smallest absolute Gasteiger partial charge is 0.350 e. The second kappa shape index (κ2) is 14.5. The molecular formula is C40H42N2O8. The Hall–Kier alpha value is -4.87. The first kappa shape index (κ1) is 35.0. The molecule has 1 saturated heterocycles. The van der Waals surface area contributed by atoms with Crippen molar-refractivity contribution in [3.05, 3.63) is 141 Å². The number of carbonyl (C=O) groups is 3. The summed E-state index contributed by atoms with van der Waals surface area (Å²) in [5, 5.41) is 34.5. The highest BCUT2D eigenvalue weighted by Crippen LogP contribution is 2.59. The first-order chi connectivity index (χ1) is 24.1. The van der Waals surface area contributed by atoms with Crippen LogP contribution in [-0.4, -0.2) is 69.9 Å². The van der Waals surface area contributed by atoms with Crippen molar-refractivity contribution in [1.82, 2.24) is 5.32 Å². The minimum atomic E-state index is -2.26. The second-order valence-electron chi connectivity index (χ2n) is 13.2. The number of aliphatic hydroxyl groups is 3. The summed E-state index contributed by atoms with van der Waals surface area (Å²) in [6.45, 7) is 1.46. The van der Waals surface area contributed by atoms with Gasteiger partial charge in [-0.25, -0.2) is 4.79 Å². The van der Waals surface area contributed by atoms with Crippen LogP contribution < -0.4 is 11.1 Å². The molecule has 50 heavy (non-hydrogen) atoms. The van der Waals surface area contributed by atoms with E-state index in [-0.39, 0.29) is 24.2 Å². The lowest BCUT2D eigenvalue weighted by Gasteiger charge is -2.27. The first-order valence-electron chi connectivity index (χ1n) is 16.8. The molecule has 0 saturated carbocycles. The fourth-order valence-corrected chi connectivity index (χ4v) is 7.03. The van der Waals surface area contributed by atoms with Gasteiger partial charge in [0.2, 0.25) is 5.78 Å². The zero-order chi connectivity index (χ0) is 35.5. The number of epoxide rings is 1. The summed E-state index contributed by atoms with van der Waals surface area (Å²) in [5.41, 5.74) is 6.71. The highest BCUT2D eigenvalue weighted by molar-refractivity contribution is 6.32. The van der Waals surface area contributed by atoms with E-state index in [1.165, 1.54) is 12.1 Å². The lowest BCUT2D eigenvalue weighted by Crippen LogP contribution is -2.51. The van der Waals surface area contributed by atoms with E-state index in [4.69, 9.17) is 15.2 Å². The van der Waals surface area contributed by atoms with Gasteiger partial charge in [0, 0.05) is 30.0 Å². The van der Waals surface area contributed by atoms with Gasteiger partial charge in [-0.15, -0.1) is 0 Å². The van der Waals surface area contributed by atoms with Gasteiger partial charge in [0.25, 0.3) is 5.60 Å². The molecule has 2 aliphatic heterocycles. The predicted octanol–water partition coefficient (Wildman–Crippen LogP) is 3.81. The number of allylic oxidation sites excluding steroid dienone is 3. The number of aliphatic hydroxyl groups excluding tert-OH is 3. The summed E-state index contributed by atoms with van der Waals surface area (Å²) in [6.07, 6.45) is 4.11. The highest BCUT2D eigenvalue weighted by atomic mass is 16.7. The van der Waals surface area contributed by atoms with Crippen molar-refractivity contribution in [1.29, 1.82) is 0 Å². The van der Waals surface area contributed by atoms with E-state index in [9.17, 15) is 29.7 Å². The van der Waals surface area contributed by atoms with Crippen LogP contribution in [0.1, 0.15) is 69.5 Å². The third kappa shape index (κ3) is 6.55. The molecule has 260 valence electrons. The maximum absolute atomic E-state index is 14.1. The molecule has 0 spiro atoms. The van der Waals surface area contributed by atoms with Crippen molar-refractivity contribution in [2.24, 2.45) is 5.73 Å². The number of dihydropyridines is 1. The van der Waals surface area contributed by atoms with Crippen LogP contribution in [0.3, 0.4) is 0 Å². The maximum atomic E-state index is 14.1. The lowest BCUT2D eigenvalue weighted by atomic mass is 9.71. The van der Waals surface area contributed by atoms with Crippen LogP contribution in [-0.2, 0) is 27.3 Å². The maximum Gasteiger partial charge on any atom is 0.350 e. The van der Waals surface area contributed by atoms with Crippen LogP contribution in [0, 0.1) is 0 Å². The topological polar surface area (TPSA) is 172 Å². The summed E-state index contributed by atoms with van der Waals surface area (Å²) < 4.78 is 11.7. The summed E-state index contributed by atoms with van der Waals surface area (Å²) in [5.74, 6) is -2.22. The Kier molecular flexibility index (Phi) is 10.2. The van der Waals surface area contributed by atoms with Crippen molar-refractivity contribution < 1.29 is 39.2 Å². The molecule has 4 atom stereocenters. The fraction of sp³-hybridized carbons (Fsp3) is 0.325. The van der Waals surface area contributed by atoms with Crippen LogP contribution in [0.5, 0.6) is 0 Å². The van der Waals surface area contributed by atoms with Crippen LogP contribution in [0.2, 0.25) is 0 Å². The third-order valence-corrected chi connectivity index (χ3v) is 10.0. The lowest BCUT2D eigenvalue weighted by molar-refractivity contribution is -0.151. The molecule has 0 unspecified atom stereocenters. The molecule has 6 rings (SSSR count). The van der Waals surface area contributed by atoms with Gasteiger partial charge < -0.3 is 35.8 Å². The number of fused-ring (bicyclic) bond motifs is 2. The molecular weight excluding hydrogens is 636 g/mol. The van der Waals surface area contributed by atoms with Gasteiger partial charge >= 0.3 is 5.97 Å². The highest BCUT2D eigenvalue weighted by Gasteiger charge is 2.85. The molecule has 2 heterocycles. The predicted molar refractivity (Wildman–Crippen MR) is 186 cm³/mol. The van der Waals surface area contributed by atoms with E-state index in [1.54, 1.807) is 24.3 Å². The monoisotopic (exact) mass is 678 g/mol.